The average Bonchev–Trinajstić information content (AvgIpc) is 2.69. The highest BCUT2D eigenvalue weighted by Gasteiger charge is 2.23. The first-order valence-electron chi connectivity index (χ1n) is 8.71. The van der Waals surface area contributed by atoms with E-state index in [2.05, 4.69) is 15.4 Å². The number of rotatable bonds is 10. The Bertz CT molecular complexity index is 686. The van der Waals surface area contributed by atoms with Gasteiger partial charge in [-0.25, -0.2) is 4.79 Å². The molecule has 0 saturated heterocycles. The maximum absolute atomic E-state index is 12.0. The summed E-state index contributed by atoms with van der Waals surface area (Å²) >= 11 is 0. The molecule has 0 fully saturated rings. The Balaban J connectivity index is 2.40. The standard InChI is InChI=1S/C19H26N2O7/c1-12(2)9-15(19(25)27-4)21-16(22)11-28-17(23)10-20-18(24)13-5-7-14(26-3)8-6-13/h5-8,12,15H,9-11H2,1-4H3,(H,20,24)(H,21,22)/t15-/m1/s1. The molecule has 1 atom stereocenters. The molecule has 0 aliphatic rings. The van der Waals surface area contributed by atoms with Gasteiger partial charge >= 0.3 is 11.9 Å². The van der Waals surface area contributed by atoms with Crippen LogP contribution in [0, 0.1) is 5.92 Å². The highest BCUT2D eigenvalue weighted by Crippen LogP contribution is 2.11. The summed E-state index contributed by atoms with van der Waals surface area (Å²) in [6.45, 7) is 2.83. The van der Waals surface area contributed by atoms with Crippen molar-refractivity contribution in [2.45, 2.75) is 26.3 Å². The Kier molecular flexibility index (Phi) is 9.49. The van der Waals surface area contributed by atoms with E-state index in [9.17, 15) is 19.2 Å². The van der Waals surface area contributed by atoms with Crippen molar-refractivity contribution in [3.8, 4) is 5.75 Å². The van der Waals surface area contributed by atoms with Crippen molar-refractivity contribution >= 4 is 23.8 Å². The lowest BCUT2D eigenvalue weighted by Crippen LogP contribution is -2.44. The highest BCUT2D eigenvalue weighted by atomic mass is 16.5. The molecule has 9 heteroatoms. The van der Waals surface area contributed by atoms with Crippen molar-refractivity contribution in [2.24, 2.45) is 5.92 Å². The number of methoxy groups -OCH3 is 2. The van der Waals surface area contributed by atoms with Crippen molar-refractivity contribution in [2.75, 3.05) is 27.4 Å². The molecule has 0 radical (unpaired) electrons. The first-order valence-corrected chi connectivity index (χ1v) is 8.71. The lowest BCUT2D eigenvalue weighted by atomic mass is 10.0. The van der Waals surface area contributed by atoms with Crippen LogP contribution in [0.3, 0.4) is 0 Å². The molecular formula is C19H26N2O7. The number of hydrogen-bond acceptors (Lipinski definition) is 7. The highest BCUT2D eigenvalue weighted by molar-refractivity contribution is 5.96. The van der Waals surface area contributed by atoms with Crippen LogP contribution in [0.5, 0.6) is 5.75 Å². The number of carbonyl (C=O) groups is 4. The van der Waals surface area contributed by atoms with Gasteiger partial charge in [-0.1, -0.05) is 13.8 Å². The molecule has 9 nitrogen and oxygen atoms in total. The number of esters is 2. The van der Waals surface area contributed by atoms with E-state index < -0.39 is 42.9 Å². The molecule has 0 heterocycles. The Labute approximate surface area is 163 Å². The molecule has 0 aromatic heterocycles. The lowest BCUT2D eigenvalue weighted by Gasteiger charge is -2.18. The predicted octanol–water partition coefficient (Wildman–Crippen LogP) is 0.672. The van der Waals surface area contributed by atoms with Crippen LogP contribution in [0.15, 0.2) is 24.3 Å². The Morgan fingerprint density at radius 1 is 1.04 bits per heavy atom. The predicted molar refractivity (Wildman–Crippen MR) is 99.7 cm³/mol. The molecule has 0 aliphatic heterocycles. The number of ether oxygens (including phenoxy) is 3. The van der Waals surface area contributed by atoms with E-state index in [1.807, 2.05) is 13.8 Å². The van der Waals surface area contributed by atoms with Gasteiger partial charge in [-0.05, 0) is 36.6 Å². The largest absolute Gasteiger partial charge is 0.497 e. The molecule has 2 N–H and O–H groups in total. The van der Waals surface area contributed by atoms with Crippen molar-refractivity contribution < 1.29 is 33.4 Å². The van der Waals surface area contributed by atoms with Gasteiger partial charge in [-0.2, -0.15) is 0 Å². The van der Waals surface area contributed by atoms with Gasteiger partial charge in [0.05, 0.1) is 14.2 Å². The van der Waals surface area contributed by atoms with Gasteiger partial charge in [0.2, 0.25) is 0 Å². The summed E-state index contributed by atoms with van der Waals surface area (Å²) in [5, 5.41) is 4.86. The van der Waals surface area contributed by atoms with Crippen LogP contribution >= 0.6 is 0 Å². The van der Waals surface area contributed by atoms with Gasteiger partial charge in [-0.3, -0.25) is 14.4 Å². The van der Waals surface area contributed by atoms with Crippen LogP contribution in [-0.4, -0.2) is 57.2 Å². The third-order valence-electron chi connectivity index (χ3n) is 3.64. The van der Waals surface area contributed by atoms with E-state index in [1.54, 1.807) is 24.3 Å². The second kappa shape index (κ2) is 11.6. The molecule has 0 saturated carbocycles. The van der Waals surface area contributed by atoms with Gasteiger partial charge in [0.1, 0.15) is 18.3 Å². The normalized spacial score (nSPS) is 11.3. The Morgan fingerprint density at radius 2 is 1.68 bits per heavy atom. The van der Waals surface area contributed by atoms with E-state index in [4.69, 9.17) is 9.47 Å². The first-order chi connectivity index (χ1) is 13.3. The smallest absolute Gasteiger partial charge is 0.328 e. The van der Waals surface area contributed by atoms with Gasteiger partial charge in [0, 0.05) is 5.56 Å². The van der Waals surface area contributed by atoms with Gasteiger partial charge in [-0.15, -0.1) is 0 Å². The van der Waals surface area contributed by atoms with Crippen molar-refractivity contribution in [1.29, 1.82) is 0 Å². The van der Waals surface area contributed by atoms with Crippen LogP contribution < -0.4 is 15.4 Å². The van der Waals surface area contributed by atoms with Gasteiger partial charge in [0.15, 0.2) is 6.61 Å². The fraction of sp³-hybridized carbons (Fsp3) is 0.474. The van der Waals surface area contributed by atoms with E-state index in [0.29, 0.717) is 17.7 Å². The number of hydrogen-bond donors (Lipinski definition) is 2. The molecule has 1 aromatic carbocycles. The summed E-state index contributed by atoms with van der Waals surface area (Å²) in [7, 11) is 2.74. The van der Waals surface area contributed by atoms with E-state index >= 15 is 0 Å². The van der Waals surface area contributed by atoms with Crippen molar-refractivity contribution in [3.05, 3.63) is 29.8 Å². The molecular weight excluding hydrogens is 368 g/mol. The lowest BCUT2D eigenvalue weighted by molar-refractivity contribution is -0.149. The Morgan fingerprint density at radius 3 is 2.21 bits per heavy atom. The molecule has 2 amide bonds. The molecule has 0 spiro atoms. The van der Waals surface area contributed by atoms with Crippen LogP contribution in [0.1, 0.15) is 30.6 Å². The van der Waals surface area contributed by atoms with E-state index in [1.165, 1.54) is 14.2 Å². The quantitative estimate of drug-likeness (QED) is 0.560. The molecule has 28 heavy (non-hydrogen) atoms. The summed E-state index contributed by atoms with van der Waals surface area (Å²) < 4.78 is 14.5. The SMILES string of the molecule is COC(=O)[C@@H](CC(C)C)NC(=O)COC(=O)CNC(=O)c1ccc(OC)cc1. The topological polar surface area (TPSA) is 120 Å². The van der Waals surface area contributed by atoms with Crippen molar-refractivity contribution in [3.63, 3.8) is 0 Å². The zero-order valence-electron chi connectivity index (χ0n) is 16.4. The van der Waals surface area contributed by atoms with Crippen LogP contribution in [0.25, 0.3) is 0 Å². The summed E-state index contributed by atoms with van der Waals surface area (Å²) in [5.41, 5.74) is 0.348. The second-order valence-electron chi connectivity index (χ2n) is 6.34. The first kappa shape index (κ1) is 22.9. The zero-order valence-corrected chi connectivity index (χ0v) is 16.4. The second-order valence-corrected chi connectivity index (χ2v) is 6.34. The van der Waals surface area contributed by atoms with Crippen molar-refractivity contribution in [1.82, 2.24) is 10.6 Å². The molecule has 0 aliphatic carbocycles. The minimum Gasteiger partial charge on any atom is -0.497 e. The van der Waals surface area contributed by atoms with Gasteiger partial charge < -0.3 is 24.8 Å². The van der Waals surface area contributed by atoms with Gasteiger partial charge in [0.25, 0.3) is 11.8 Å². The number of carbonyl (C=O) groups excluding carboxylic acids is 4. The van der Waals surface area contributed by atoms with Crippen LogP contribution in [-0.2, 0) is 23.9 Å². The fourth-order valence-electron chi connectivity index (χ4n) is 2.26. The minimum absolute atomic E-state index is 0.153. The number of amides is 2. The summed E-state index contributed by atoms with van der Waals surface area (Å²) in [5.74, 6) is -1.70. The molecule has 154 valence electrons. The molecule has 0 unspecified atom stereocenters. The maximum Gasteiger partial charge on any atom is 0.328 e. The molecule has 1 aromatic rings. The van der Waals surface area contributed by atoms with Crippen LogP contribution in [0.2, 0.25) is 0 Å². The summed E-state index contributed by atoms with van der Waals surface area (Å²) in [4.78, 5) is 47.2. The van der Waals surface area contributed by atoms with E-state index in [0.717, 1.165) is 0 Å². The minimum atomic E-state index is -0.814. The zero-order chi connectivity index (χ0) is 21.1. The summed E-state index contributed by atoms with van der Waals surface area (Å²) in [6, 6.07) is 5.52. The third-order valence-corrected chi connectivity index (χ3v) is 3.64. The molecule has 0 bridgehead atoms. The third kappa shape index (κ3) is 8.07. The average molecular weight is 394 g/mol. The van der Waals surface area contributed by atoms with E-state index in [-0.39, 0.29) is 5.92 Å². The maximum atomic E-state index is 12.0. The van der Waals surface area contributed by atoms with Crippen LogP contribution in [0.4, 0.5) is 0 Å². The molecule has 1 rings (SSSR count). The summed E-state index contributed by atoms with van der Waals surface area (Å²) in [6.07, 6.45) is 0.393. The monoisotopic (exact) mass is 394 g/mol. The number of nitrogens with one attached hydrogen (secondary N) is 2. The number of benzene rings is 1. The Hall–Kier alpha value is -3.10. The fourth-order valence-corrected chi connectivity index (χ4v) is 2.26.